The Bertz CT molecular complexity index is 989. The van der Waals surface area contributed by atoms with E-state index in [1.807, 2.05) is 66.9 Å². The van der Waals surface area contributed by atoms with Crippen LogP contribution in [0.4, 0.5) is 0 Å². The van der Waals surface area contributed by atoms with Gasteiger partial charge in [0.25, 0.3) is 0 Å². The van der Waals surface area contributed by atoms with Crippen LogP contribution in [0.2, 0.25) is 0 Å². The van der Waals surface area contributed by atoms with Gasteiger partial charge in [-0.25, -0.2) is 4.98 Å². The summed E-state index contributed by atoms with van der Waals surface area (Å²) in [6.45, 7) is 5.62. The van der Waals surface area contributed by atoms with Gasteiger partial charge in [0.2, 0.25) is 5.91 Å². The Hall–Kier alpha value is -2.93. The average Bonchev–Trinajstić information content (AvgIpc) is 3.33. The first-order chi connectivity index (χ1) is 13.4. The van der Waals surface area contributed by atoms with Gasteiger partial charge in [0.05, 0.1) is 29.9 Å². The zero-order chi connectivity index (χ0) is 19.9. The van der Waals surface area contributed by atoms with Crippen LogP contribution >= 0.6 is 0 Å². The topological polar surface area (TPSA) is 76.2 Å². The van der Waals surface area contributed by atoms with Crippen LogP contribution in [0.1, 0.15) is 42.7 Å². The minimum atomic E-state index is -0.886. The first kappa shape index (κ1) is 18.4. The van der Waals surface area contributed by atoms with Gasteiger partial charge in [-0.15, -0.1) is 0 Å². The minimum absolute atomic E-state index is 0.0948. The number of hydrogen-bond donors (Lipinski definition) is 1. The van der Waals surface area contributed by atoms with Crippen molar-refractivity contribution in [2.24, 2.45) is 7.05 Å². The molecule has 7 heteroatoms. The molecule has 28 heavy (non-hydrogen) atoms. The highest BCUT2D eigenvalue weighted by Gasteiger charge is 2.35. The number of amides is 1. The number of carbonyl (C=O) groups excluding carboxylic acids is 1. The predicted octanol–water partition coefficient (Wildman–Crippen LogP) is 2.02. The molecule has 0 saturated carbocycles. The molecule has 1 amide bonds. The highest BCUT2D eigenvalue weighted by molar-refractivity contribution is 5.87. The highest BCUT2D eigenvalue weighted by atomic mass is 16.3. The summed E-state index contributed by atoms with van der Waals surface area (Å²) in [6, 6.07) is 11.7. The molecule has 0 saturated heterocycles. The van der Waals surface area contributed by atoms with Gasteiger partial charge in [-0.3, -0.25) is 9.48 Å². The first-order valence-electron chi connectivity index (χ1n) is 9.44. The highest BCUT2D eigenvalue weighted by Crippen LogP contribution is 2.28. The van der Waals surface area contributed by atoms with Crippen LogP contribution in [0.3, 0.4) is 0 Å². The number of imidazole rings is 1. The fourth-order valence-electron chi connectivity index (χ4n) is 3.74. The Labute approximate surface area is 164 Å². The molecule has 4 rings (SSSR count). The Morgan fingerprint density at radius 3 is 2.64 bits per heavy atom. The van der Waals surface area contributed by atoms with Crippen molar-refractivity contribution in [1.82, 2.24) is 24.2 Å². The zero-order valence-corrected chi connectivity index (χ0v) is 16.4. The van der Waals surface area contributed by atoms with Crippen molar-refractivity contribution in [3.05, 3.63) is 71.6 Å². The van der Waals surface area contributed by atoms with E-state index in [-0.39, 0.29) is 5.91 Å². The largest absolute Gasteiger partial charge is 0.379 e. The summed E-state index contributed by atoms with van der Waals surface area (Å²) in [5, 5.41) is 15.2. The summed E-state index contributed by atoms with van der Waals surface area (Å²) >= 11 is 0. The number of aryl methyl sites for hydroxylation is 1. The van der Waals surface area contributed by atoms with E-state index < -0.39 is 11.5 Å². The molecule has 0 bridgehead atoms. The molecule has 1 aliphatic heterocycles. The van der Waals surface area contributed by atoms with Crippen molar-refractivity contribution in [2.75, 3.05) is 6.54 Å². The van der Waals surface area contributed by atoms with Gasteiger partial charge >= 0.3 is 0 Å². The predicted molar refractivity (Wildman–Crippen MR) is 104 cm³/mol. The van der Waals surface area contributed by atoms with E-state index in [2.05, 4.69) is 10.1 Å². The third kappa shape index (κ3) is 3.11. The Morgan fingerprint density at radius 1 is 1.21 bits per heavy atom. The Morgan fingerprint density at radius 2 is 1.96 bits per heavy atom. The third-order valence-corrected chi connectivity index (χ3v) is 5.52. The fraction of sp³-hybridized carbons (Fsp3) is 0.381. The van der Waals surface area contributed by atoms with Gasteiger partial charge in [-0.2, -0.15) is 5.10 Å². The molecule has 1 aromatic carbocycles. The smallest absolute Gasteiger partial charge is 0.233 e. The van der Waals surface area contributed by atoms with Crippen molar-refractivity contribution < 1.29 is 9.90 Å². The molecule has 3 aromatic rings. The van der Waals surface area contributed by atoms with Gasteiger partial charge in [0.15, 0.2) is 6.10 Å². The van der Waals surface area contributed by atoms with Gasteiger partial charge in [-0.05, 0) is 25.5 Å². The molecule has 0 radical (unpaired) electrons. The zero-order valence-electron chi connectivity index (χ0n) is 16.4. The standard InChI is InChI=1S/C21H25N5O2/c1-21(2,15-7-5-4-6-8-15)20(28)25-11-12-26-16(14-25)13-17(23-26)18(27)19-22-9-10-24(19)3/h4-10,13,18,27H,11-12,14H2,1-3H3. The average molecular weight is 379 g/mol. The number of nitrogens with zero attached hydrogens (tertiary/aromatic N) is 5. The Kier molecular flexibility index (Phi) is 4.55. The van der Waals surface area contributed by atoms with Crippen molar-refractivity contribution in [1.29, 1.82) is 0 Å². The normalized spacial score (nSPS) is 15.4. The van der Waals surface area contributed by atoms with Crippen molar-refractivity contribution in [3.8, 4) is 0 Å². The lowest BCUT2D eigenvalue weighted by Gasteiger charge is -2.34. The molecular weight excluding hydrogens is 354 g/mol. The maximum absolute atomic E-state index is 13.2. The second-order valence-corrected chi connectivity index (χ2v) is 7.80. The third-order valence-electron chi connectivity index (χ3n) is 5.52. The van der Waals surface area contributed by atoms with E-state index >= 15 is 0 Å². The SMILES string of the molecule is Cn1ccnc1C(O)c1cc2n(n1)CCN(C(=O)C(C)(C)c1ccccc1)C2. The van der Waals surface area contributed by atoms with Gasteiger partial charge in [0, 0.05) is 26.0 Å². The van der Waals surface area contributed by atoms with Crippen LogP contribution in [-0.4, -0.2) is 41.8 Å². The number of hydrogen-bond acceptors (Lipinski definition) is 4. The lowest BCUT2D eigenvalue weighted by Crippen LogP contribution is -2.46. The molecule has 1 N–H and O–H groups in total. The molecular formula is C21H25N5O2. The van der Waals surface area contributed by atoms with E-state index in [4.69, 9.17) is 0 Å². The van der Waals surface area contributed by atoms with E-state index in [0.29, 0.717) is 31.2 Å². The molecule has 7 nitrogen and oxygen atoms in total. The van der Waals surface area contributed by atoms with Gasteiger partial charge in [-0.1, -0.05) is 30.3 Å². The van der Waals surface area contributed by atoms with Crippen LogP contribution in [-0.2, 0) is 30.3 Å². The van der Waals surface area contributed by atoms with E-state index in [0.717, 1.165) is 11.3 Å². The van der Waals surface area contributed by atoms with E-state index in [9.17, 15) is 9.90 Å². The molecule has 3 heterocycles. The molecule has 0 aliphatic carbocycles. The van der Waals surface area contributed by atoms with Crippen molar-refractivity contribution >= 4 is 5.91 Å². The van der Waals surface area contributed by atoms with Crippen LogP contribution in [0.25, 0.3) is 0 Å². The number of aliphatic hydroxyl groups is 1. The van der Waals surface area contributed by atoms with Crippen molar-refractivity contribution in [3.63, 3.8) is 0 Å². The van der Waals surface area contributed by atoms with Crippen molar-refractivity contribution in [2.45, 2.75) is 38.5 Å². The number of aliphatic hydroxyl groups excluding tert-OH is 1. The molecule has 1 unspecified atom stereocenters. The molecule has 0 spiro atoms. The van der Waals surface area contributed by atoms with E-state index in [1.54, 1.807) is 17.0 Å². The quantitative estimate of drug-likeness (QED) is 0.752. The second-order valence-electron chi connectivity index (χ2n) is 7.80. The molecule has 146 valence electrons. The van der Waals surface area contributed by atoms with Gasteiger partial charge in [0.1, 0.15) is 5.82 Å². The summed E-state index contributed by atoms with van der Waals surface area (Å²) in [6.07, 6.45) is 2.56. The monoisotopic (exact) mass is 379 g/mol. The van der Waals surface area contributed by atoms with E-state index in [1.165, 1.54) is 0 Å². The lowest BCUT2D eigenvalue weighted by molar-refractivity contribution is -0.137. The summed E-state index contributed by atoms with van der Waals surface area (Å²) < 4.78 is 3.65. The molecule has 1 aliphatic rings. The summed E-state index contributed by atoms with van der Waals surface area (Å²) in [4.78, 5) is 19.3. The number of aromatic nitrogens is 4. The lowest BCUT2D eigenvalue weighted by atomic mass is 9.83. The molecule has 1 atom stereocenters. The number of carbonyl (C=O) groups is 1. The van der Waals surface area contributed by atoms with Gasteiger partial charge < -0.3 is 14.6 Å². The summed E-state index contributed by atoms with van der Waals surface area (Å²) in [5.41, 5.74) is 1.89. The minimum Gasteiger partial charge on any atom is -0.379 e. The maximum atomic E-state index is 13.2. The second kappa shape index (κ2) is 6.91. The number of fused-ring (bicyclic) bond motifs is 1. The number of rotatable bonds is 4. The fourth-order valence-corrected chi connectivity index (χ4v) is 3.74. The van der Waals surface area contributed by atoms with Crippen LogP contribution in [0.15, 0.2) is 48.8 Å². The maximum Gasteiger partial charge on any atom is 0.233 e. The summed E-state index contributed by atoms with van der Waals surface area (Å²) in [7, 11) is 1.84. The molecule has 2 aromatic heterocycles. The van der Waals surface area contributed by atoms with Crippen LogP contribution in [0, 0.1) is 0 Å². The molecule has 0 fully saturated rings. The Balaban J connectivity index is 1.55. The summed E-state index contributed by atoms with van der Waals surface area (Å²) in [5.74, 6) is 0.644. The van der Waals surface area contributed by atoms with Crippen LogP contribution < -0.4 is 0 Å². The first-order valence-corrected chi connectivity index (χ1v) is 9.44. The number of benzene rings is 1. The van der Waals surface area contributed by atoms with Crippen LogP contribution in [0.5, 0.6) is 0 Å².